The smallest absolute Gasteiger partial charge is 0.332 e. The van der Waals surface area contributed by atoms with E-state index in [-0.39, 0.29) is 5.91 Å². The number of likely N-dealkylation sites (N-methyl/N-ethyl adjacent to an activating group) is 1. The summed E-state index contributed by atoms with van der Waals surface area (Å²) in [5.41, 5.74) is 0. The minimum atomic E-state index is -1.08. The van der Waals surface area contributed by atoms with Gasteiger partial charge in [-0.05, 0) is 13.8 Å². The number of aliphatic carboxylic acids is 1. The quantitative estimate of drug-likeness (QED) is 0.610. The van der Waals surface area contributed by atoms with Gasteiger partial charge in [0, 0.05) is 7.05 Å². The second kappa shape index (κ2) is 4.71. The monoisotopic (exact) mass is 175 g/mol. The van der Waals surface area contributed by atoms with Crippen molar-refractivity contribution >= 4 is 11.9 Å². The number of rotatable bonds is 4. The van der Waals surface area contributed by atoms with Crippen LogP contribution in [-0.2, 0) is 14.3 Å². The molecule has 1 amide bonds. The lowest BCUT2D eigenvalue weighted by Crippen LogP contribution is -2.36. The van der Waals surface area contributed by atoms with Gasteiger partial charge in [-0.25, -0.2) is 4.79 Å². The van der Waals surface area contributed by atoms with E-state index in [4.69, 9.17) is 9.84 Å². The highest BCUT2D eigenvalue weighted by Gasteiger charge is 2.19. The molecule has 0 aliphatic carbocycles. The number of ether oxygens (including phenoxy) is 1. The zero-order chi connectivity index (χ0) is 9.72. The number of hydrogen-bond acceptors (Lipinski definition) is 3. The van der Waals surface area contributed by atoms with Crippen molar-refractivity contribution in [1.82, 2.24) is 5.32 Å². The molecule has 2 N–H and O–H groups in total. The maximum Gasteiger partial charge on any atom is 0.332 e. The van der Waals surface area contributed by atoms with Gasteiger partial charge in [0.2, 0.25) is 5.91 Å². The summed E-state index contributed by atoms with van der Waals surface area (Å²) in [5.74, 6) is -1.41. The fourth-order valence-electron chi connectivity index (χ4n) is 0.629. The lowest BCUT2D eigenvalue weighted by Gasteiger charge is -2.14. The van der Waals surface area contributed by atoms with Gasteiger partial charge in [0.25, 0.3) is 0 Å². The van der Waals surface area contributed by atoms with E-state index in [1.165, 1.54) is 20.9 Å². The van der Waals surface area contributed by atoms with Gasteiger partial charge >= 0.3 is 5.97 Å². The number of carboxylic acids is 1. The van der Waals surface area contributed by atoms with E-state index in [0.29, 0.717) is 0 Å². The van der Waals surface area contributed by atoms with Crippen molar-refractivity contribution in [2.24, 2.45) is 0 Å². The molecule has 0 aromatic heterocycles. The third-order valence-electron chi connectivity index (χ3n) is 1.37. The molecule has 0 bridgehead atoms. The predicted octanol–water partition coefficient (Wildman–Crippen LogP) is -0.389. The van der Waals surface area contributed by atoms with Crippen molar-refractivity contribution in [3.63, 3.8) is 0 Å². The Hall–Kier alpha value is -1.10. The standard InChI is InChI=1S/C7H13NO4/c1-4(6(9)8-3)12-5(2)7(10)11/h4-5H,1-3H3,(H,8,9)(H,10,11)/t4?,5-/m0/s1. The van der Waals surface area contributed by atoms with Crippen LogP contribution < -0.4 is 5.32 Å². The molecule has 0 fully saturated rings. The first-order valence-corrected chi connectivity index (χ1v) is 3.59. The Balaban J connectivity index is 3.91. The largest absolute Gasteiger partial charge is 0.479 e. The predicted molar refractivity (Wildman–Crippen MR) is 41.7 cm³/mol. The minimum Gasteiger partial charge on any atom is -0.479 e. The summed E-state index contributed by atoms with van der Waals surface area (Å²) in [6.45, 7) is 2.88. The van der Waals surface area contributed by atoms with E-state index in [0.717, 1.165) is 0 Å². The van der Waals surface area contributed by atoms with Crippen LogP contribution in [0.2, 0.25) is 0 Å². The zero-order valence-corrected chi connectivity index (χ0v) is 7.33. The maximum atomic E-state index is 10.8. The van der Waals surface area contributed by atoms with E-state index in [1.54, 1.807) is 0 Å². The van der Waals surface area contributed by atoms with Crippen LogP contribution >= 0.6 is 0 Å². The Morgan fingerprint density at radius 3 is 2.17 bits per heavy atom. The molecule has 1 unspecified atom stereocenters. The Morgan fingerprint density at radius 1 is 1.33 bits per heavy atom. The fraction of sp³-hybridized carbons (Fsp3) is 0.714. The molecule has 0 aliphatic heterocycles. The average molecular weight is 175 g/mol. The van der Waals surface area contributed by atoms with Crippen LogP contribution in [0.15, 0.2) is 0 Å². The van der Waals surface area contributed by atoms with Gasteiger partial charge in [-0.15, -0.1) is 0 Å². The van der Waals surface area contributed by atoms with Gasteiger partial charge in [0.15, 0.2) is 6.10 Å². The van der Waals surface area contributed by atoms with Gasteiger partial charge in [0.05, 0.1) is 0 Å². The van der Waals surface area contributed by atoms with Crippen LogP contribution in [0, 0.1) is 0 Å². The van der Waals surface area contributed by atoms with E-state index < -0.39 is 18.2 Å². The number of hydrogen-bond donors (Lipinski definition) is 2. The van der Waals surface area contributed by atoms with Crippen LogP contribution in [0.5, 0.6) is 0 Å². The van der Waals surface area contributed by atoms with Crippen molar-refractivity contribution in [1.29, 1.82) is 0 Å². The molecule has 5 heteroatoms. The van der Waals surface area contributed by atoms with Crippen LogP contribution in [0.4, 0.5) is 0 Å². The summed E-state index contributed by atoms with van der Waals surface area (Å²) in [7, 11) is 1.47. The summed E-state index contributed by atoms with van der Waals surface area (Å²) >= 11 is 0. The van der Waals surface area contributed by atoms with Crippen molar-refractivity contribution in [3.8, 4) is 0 Å². The molecular weight excluding hydrogens is 162 g/mol. The third kappa shape index (κ3) is 3.34. The molecule has 0 aromatic rings. The minimum absolute atomic E-state index is 0.330. The molecular formula is C7H13NO4. The molecule has 0 aliphatic rings. The van der Waals surface area contributed by atoms with Gasteiger partial charge in [-0.2, -0.15) is 0 Å². The van der Waals surface area contributed by atoms with Gasteiger partial charge in [-0.1, -0.05) is 0 Å². The van der Waals surface area contributed by atoms with Gasteiger partial charge < -0.3 is 15.2 Å². The molecule has 0 aromatic carbocycles. The molecule has 12 heavy (non-hydrogen) atoms. The molecule has 0 saturated carbocycles. The van der Waals surface area contributed by atoms with Crippen LogP contribution in [0.25, 0.3) is 0 Å². The lowest BCUT2D eigenvalue weighted by molar-refractivity contribution is -0.155. The second-order valence-corrected chi connectivity index (χ2v) is 2.37. The molecule has 0 spiro atoms. The van der Waals surface area contributed by atoms with Gasteiger partial charge in [-0.3, -0.25) is 4.79 Å². The van der Waals surface area contributed by atoms with Crippen LogP contribution in [0.1, 0.15) is 13.8 Å². The van der Waals surface area contributed by atoms with Crippen molar-refractivity contribution in [2.45, 2.75) is 26.1 Å². The Kier molecular flexibility index (Phi) is 4.28. The molecule has 2 atom stereocenters. The van der Waals surface area contributed by atoms with E-state index >= 15 is 0 Å². The van der Waals surface area contributed by atoms with E-state index in [9.17, 15) is 9.59 Å². The van der Waals surface area contributed by atoms with Gasteiger partial charge in [0.1, 0.15) is 6.10 Å². The normalized spacial score (nSPS) is 14.9. The molecule has 0 rings (SSSR count). The second-order valence-electron chi connectivity index (χ2n) is 2.37. The Bertz CT molecular complexity index is 180. The van der Waals surface area contributed by atoms with Crippen molar-refractivity contribution < 1.29 is 19.4 Å². The molecule has 5 nitrogen and oxygen atoms in total. The molecule has 0 saturated heterocycles. The molecule has 0 heterocycles. The first kappa shape index (κ1) is 10.9. The number of carboxylic acid groups (broad SMARTS) is 1. The summed E-state index contributed by atoms with van der Waals surface area (Å²) in [6.07, 6.45) is -1.70. The average Bonchev–Trinajstić information content (AvgIpc) is 2.02. The van der Waals surface area contributed by atoms with Crippen molar-refractivity contribution in [2.75, 3.05) is 7.05 Å². The van der Waals surface area contributed by atoms with E-state index in [2.05, 4.69) is 5.32 Å². The van der Waals surface area contributed by atoms with Crippen LogP contribution in [-0.4, -0.2) is 36.2 Å². The SMILES string of the molecule is CNC(=O)C(C)O[C@@H](C)C(=O)O. The first-order valence-electron chi connectivity index (χ1n) is 3.59. The number of amides is 1. The summed E-state index contributed by atoms with van der Waals surface area (Å²) in [5, 5.41) is 10.8. The van der Waals surface area contributed by atoms with Crippen LogP contribution in [0.3, 0.4) is 0 Å². The topological polar surface area (TPSA) is 75.6 Å². The van der Waals surface area contributed by atoms with Crippen molar-refractivity contribution in [3.05, 3.63) is 0 Å². The maximum absolute atomic E-state index is 10.8. The summed E-state index contributed by atoms with van der Waals surface area (Å²) in [4.78, 5) is 21.1. The van der Waals surface area contributed by atoms with E-state index in [1.807, 2.05) is 0 Å². The molecule has 70 valence electrons. The third-order valence-corrected chi connectivity index (χ3v) is 1.37. The Morgan fingerprint density at radius 2 is 1.83 bits per heavy atom. The number of nitrogens with one attached hydrogen (secondary N) is 1. The first-order chi connectivity index (χ1) is 5.49. The summed E-state index contributed by atoms with van der Waals surface area (Å²) < 4.78 is 4.85. The number of carbonyl (C=O) groups excluding carboxylic acids is 1. The number of carbonyl (C=O) groups is 2. The fourth-order valence-corrected chi connectivity index (χ4v) is 0.629. The highest BCUT2D eigenvalue weighted by molar-refractivity contribution is 5.80. The lowest BCUT2D eigenvalue weighted by atomic mass is 10.3. The highest BCUT2D eigenvalue weighted by atomic mass is 16.5. The highest BCUT2D eigenvalue weighted by Crippen LogP contribution is 1.97. The molecule has 0 radical (unpaired) electrons. The summed E-state index contributed by atoms with van der Waals surface area (Å²) in [6, 6.07) is 0. The Labute approximate surface area is 70.7 Å². The zero-order valence-electron chi connectivity index (χ0n) is 7.33.